The number of aromatic nitrogens is 2. The van der Waals surface area contributed by atoms with E-state index in [1.807, 2.05) is 13.8 Å². The van der Waals surface area contributed by atoms with E-state index in [1.54, 1.807) is 4.90 Å². The number of hydrogen-bond donors (Lipinski definition) is 3. The SMILES string of the molecule is CC(C)CN(CC1CCCN1)C(=O)c1cc(=O)[nH]c(=O)[nH]1. The number of carbonyl (C=O) groups excluding carboxylic acids is 1. The molecular formula is C14H22N4O3. The molecule has 0 aliphatic carbocycles. The molecule has 0 saturated carbocycles. The molecule has 0 spiro atoms. The second kappa shape index (κ2) is 6.71. The number of H-pyrrole nitrogens is 2. The van der Waals surface area contributed by atoms with Gasteiger partial charge in [-0.3, -0.25) is 14.6 Å². The van der Waals surface area contributed by atoms with Crippen LogP contribution in [-0.2, 0) is 0 Å². The van der Waals surface area contributed by atoms with E-state index in [4.69, 9.17) is 0 Å². The lowest BCUT2D eigenvalue weighted by molar-refractivity contribution is 0.0714. The average molecular weight is 294 g/mol. The maximum absolute atomic E-state index is 12.5. The molecular weight excluding hydrogens is 272 g/mol. The van der Waals surface area contributed by atoms with Gasteiger partial charge in [-0.1, -0.05) is 13.8 Å². The van der Waals surface area contributed by atoms with Crippen molar-refractivity contribution in [3.63, 3.8) is 0 Å². The van der Waals surface area contributed by atoms with Crippen LogP contribution in [0.5, 0.6) is 0 Å². The Morgan fingerprint density at radius 1 is 1.38 bits per heavy atom. The van der Waals surface area contributed by atoms with E-state index in [2.05, 4.69) is 15.3 Å². The summed E-state index contributed by atoms with van der Waals surface area (Å²) in [5.41, 5.74) is -1.18. The first-order valence-electron chi connectivity index (χ1n) is 7.32. The van der Waals surface area contributed by atoms with Crippen LogP contribution in [-0.4, -0.2) is 46.5 Å². The number of aromatic amines is 2. The summed E-state index contributed by atoms with van der Waals surface area (Å²) in [4.78, 5) is 41.4. The monoisotopic (exact) mass is 294 g/mol. The molecule has 116 valence electrons. The minimum absolute atomic E-state index is 0.0439. The van der Waals surface area contributed by atoms with E-state index >= 15 is 0 Å². The zero-order valence-electron chi connectivity index (χ0n) is 12.4. The van der Waals surface area contributed by atoms with Crippen LogP contribution in [0.3, 0.4) is 0 Å². The highest BCUT2D eigenvalue weighted by Gasteiger charge is 2.23. The molecule has 2 rings (SSSR count). The van der Waals surface area contributed by atoms with Crippen LogP contribution in [0.15, 0.2) is 15.7 Å². The van der Waals surface area contributed by atoms with Crippen molar-refractivity contribution in [1.29, 1.82) is 0 Å². The van der Waals surface area contributed by atoms with Crippen molar-refractivity contribution in [3.8, 4) is 0 Å². The highest BCUT2D eigenvalue weighted by Crippen LogP contribution is 2.10. The van der Waals surface area contributed by atoms with Crippen LogP contribution < -0.4 is 16.6 Å². The fourth-order valence-corrected chi connectivity index (χ4v) is 2.61. The molecule has 1 aliphatic rings. The summed E-state index contributed by atoms with van der Waals surface area (Å²) in [6.07, 6.45) is 2.14. The van der Waals surface area contributed by atoms with E-state index < -0.39 is 11.2 Å². The standard InChI is InChI=1S/C14H22N4O3/c1-9(2)7-18(8-10-4-3-5-15-10)13(20)11-6-12(19)17-14(21)16-11/h6,9-10,15H,3-5,7-8H2,1-2H3,(H2,16,17,19,21). The summed E-state index contributed by atoms with van der Waals surface area (Å²) in [5, 5.41) is 3.36. The highest BCUT2D eigenvalue weighted by molar-refractivity contribution is 5.92. The number of nitrogens with one attached hydrogen (secondary N) is 3. The van der Waals surface area contributed by atoms with Crippen molar-refractivity contribution >= 4 is 5.91 Å². The second-order valence-corrected chi connectivity index (χ2v) is 5.90. The van der Waals surface area contributed by atoms with Gasteiger partial charge in [0.05, 0.1) is 0 Å². The molecule has 1 fully saturated rings. The zero-order valence-corrected chi connectivity index (χ0v) is 12.4. The maximum Gasteiger partial charge on any atom is 0.326 e. The van der Waals surface area contributed by atoms with Crippen LogP contribution in [0.2, 0.25) is 0 Å². The Bertz CT molecular complexity index is 570. The summed E-state index contributed by atoms with van der Waals surface area (Å²) in [6, 6.07) is 1.42. The third-order valence-corrected chi connectivity index (χ3v) is 3.47. The first kappa shape index (κ1) is 15.5. The summed E-state index contributed by atoms with van der Waals surface area (Å²) >= 11 is 0. The predicted molar refractivity (Wildman–Crippen MR) is 79.4 cm³/mol. The fraction of sp³-hybridized carbons (Fsp3) is 0.643. The van der Waals surface area contributed by atoms with Gasteiger partial charge in [0.1, 0.15) is 5.69 Å². The lowest BCUT2D eigenvalue weighted by Crippen LogP contribution is -2.44. The molecule has 0 aromatic carbocycles. The smallest absolute Gasteiger partial charge is 0.326 e. The fourth-order valence-electron chi connectivity index (χ4n) is 2.61. The average Bonchev–Trinajstić information content (AvgIpc) is 2.88. The Kier molecular flexibility index (Phi) is 4.95. The summed E-state index contributed by atoms with van der Waals surface area (Å²) in [7, 11) is 0. The van der Waals surface area contributed by atoms with Gasteiger partial charge in [-0.2, -0.15) is 0 Å². The lowest BCUT2D eigenvalue weighted by Gasteiger charge is -2.27. The Labute approximate surface area is 122 Å². The first-order valence-corrected chi connectivity index (χ1v) is 7.32. The molecule has 1 atom stereocenters. The van der Waals surface area contributed by atoms with E-state index in [0.29, 0.717) is 19.0 Å². The molecule has 0 bridgehead atoms. The van der Waals surface area contributed by atoms with Gasteiger partial charge < -0.3 is 15.2 Å². The van der Waals surface area contributed by atoms with Gasteiger partial charge in [-0.15, -0.1) is 0 Å². The minimum Gasteiger partial charge on any atom is -0.336 e. The van der Waals surface area contributed by atoms with Crippen LogP contribution in [0.4, 0.5) is 0 Å². The van der Waals surface area contributed by atoms with Gasteiger partial charge >= 0.3 is 5.69 Å². The Hall–Kier alpha value is -1.89. The molecule has 21 heavy (non-hydrogen) atoms. The summed E-state index contributed by atoms with van der Waals surface area (Å²) in [6.45, 7) is 6.21. The van der Waals surface area contributed by atoms with E-state index in [-0.39, 0.29) is 17.6 Å². The third kappa shape index (κ3) is 4.29. The molecule has 0 radical (unpaired) electrons. The van der Waals surface area contributed by atoms with E-state index in [1.165, 1.54) is 0 Å². The Morgan fingerprint density at radius 3 is 2.71 bits per heavy atom. The number of carbonyl (C=O) groups is 1. The van der Waals surface area contributed by atoms with Gasteiger partial charge in [0.15, 0.2) is 0 Å². The second-order valence-electron chi connectivity index (χ2n) is 5.90. The van der Waals surface area contributed by atoms with Crippen molar-refractivity contribution in [2.75, 3.05) is 19.6 Å². The molecule has 1 unspecified atom stereocenters. The number of rotatable bonds is 5. The van der Waals surface area contributed by atoms with Crippen molar-refractivity contribution in [3.05, 3.63) is 32.6 Å². The Morgan fingerprint density at radius 2 is 2.14 bits per heavy atom. The van der Waals surface area contributed by atoms with Gasteiger partial charge in [-0.25, -0.2) is 4.79 Å². The Balaban J connectivity index is 2.19. The van der Waals surface area contributed by atoms with Gasteiger partial charge in [0, 0.05) is 25.2 Å². The van der Waals surface area contributed by atoms with Crippen molar-refractivity contribution < 1.29 is 4.79 Å². The predicted octanol–water partition coefficient (Wildman–Crippen LogP) is -0.0866. The number of amides is 1. The molecule has 1 amide bonds. The van der Waals surface area contributed by atoms with Gasteiger partial charge in [-0.05, 0) is 25.3 Å². The molecule has 7 nitrogen and oxygen atoms in total. The van der Waals surface area contributed by atoms with Crippen LogP contribution in [0.25, 0.3) is 0 Å². The largest absolute Gasteiger partial charge is 0.336 e. The number of hydrogen-bond acceptors (Lipinski definition) is 4. The van der Waals surface area contributed by atoms with Crippen molar-refractivity contribution in [2.45, 2.75) is 32.7 Å². The van der Waals surface area contributed by atoms with E-state index in [0.717, 1.165) is 25.5 Å². The quantitative estimate of drug-likeness (QED) is 0.707. The normalized spacial score (nSPS) is 18.1. The van der Waals surface area contributed by atoms with Crippen LogP contribution in [0.1, 0.15) is 37.2 Å². The molecule has 1 aromatic rings. The summed E-state index contributed by atoms with van der Waals surface area (Å²) in [5.74, 6) is 0.00433. The number of nitrogens with zero attached hydrogens (tertiary/aromatic N) is 1. The molecule has 3 N–H and O–H groups in total. The van der Waals surface area contributed by atoms with Gasteiger partial charge in [0.25, 0.3) is 11.5 Å². The van der Waals surface area contributed by atoms with Crippen LogP contribution in [0, 0.1) is 5.92 Å². The lowest BCUT2D eigenvalue weighted by atomic mass is 10.1. The molecule has 1 aliphatic heterocycles. The van der Waals surface area contributed by atoms with Crippen LogP contribution >= 0.6 is 0 Å². The molecule has 1 saturated heterocycles. The maximum atomic E-state index is 12.5. The first-order chi connectivity index (χ1) is 9.95. The van der Waals surface area contributed by atoms with Gasteiger partial charge in [0.2, 0.25) is 0 Å². The van der Waals surface area contributed by atoms with Crippen molar-refractivity contribution in [1.82, 2.24) is 20.2 Å². The van der Waals surface area contributed by atoms with E-state index in [9.17, 15) is 14.4 Å². The molecule has 1 aromatic heterocycles. The zero-order chi connectivity index (χ0) is 15.4. The summed E-state index contributed by atoms with van der Waals surface area (Å²) < 4.78 is 0. The minimum atomic E-state index is -0.658. The topological polar surface area (TPSA) is 98.1 Å². The molecule has 7 heteroatoms. The molecule has 2 heterocycles. The van der Waals surface area contributed by atoms with Crippen molar-refractivity contribution in [2.24, 2.45) is 5.92 Å². The third-order valence-electron chi connectivity index (χ3n) is 3.47. The highest BCUT2D eigenvalue weighted by atomic mass is 16.2.